The highest BCUT2D eigenvalue weighted by Gasteiger charge is 2.36. The highest BCUT2D eigenvalue weighted by atomic mass is 32.2. The van der Waals surface area contributed by atoms with E-state index in [1.54, 1.807) is 0 Å². The molecule has 9 rings (SSSR count). The van der Waals surface area contributed by atoms with Crippen LogP contribution in [0.1, 0.15) is 42.6 Å². The summed E-state index contributed by atoms with van der Waals surface area (Å²) in [6.07, 6.45) is 13.3. The van der Waals surface area contributed by atoms with E-state index in [2.05, 4.69) is 164 Å². The zero-order valence-electron chi connectivity index (χ0n) is 26.8. The minimum Gasteiger partial charge on any atom is -0.319 e. The van der Waals surface area contributed by atoms with E-state index in [-0.39, 0.29) is 12.1 Å². The van der Waals surface area contributed by atoms with Gasteiger partial charge in [0, 0.05) is 39.5 Å². The van der Waals surface area contributed by atoms with Crippen LogP contribution in [0.5, 0.6) is 0 Å². The maximum Gasteiger partial charge on any atom is 0.214 e. The number of rotatable bonds is 3. The Balaban J connectivity index is 1.25. The first kappa shape index (κ1) is 28.4. The standard InChI is InChI=1S/C42H36N4S/c1-26-13-7-8-16-30(26)40-43-41(28-14-5-4-6-15-28)45(3)42(44-40)46-35-19-11-9-17-32(35)33-24-22-29(25-36(33)46)31-23-21-27(2)38-34-18-10-12-20-37(34)47-39(31)38/h4-27,30,38,41H,1-3H3. The van der Waals surface area contributed by atoms with E-state index in [0.29, 0.717) is 17.8 Å². The predicted octanol–water partition coefficient (Wildman–Crippen LogP) is 10.2. The van der Waals surface area contributed by atoms with Gasteiger partial charge in [-0.3, -0.25) is 4.57 Å². The molecule has 3 heterocycles. The Kier molecular flexibility index (Phi) is 6.72. The molecule has 0 radical (unpaired) electrons. The smallest absolute Gasteiger partial charge is 0.214 e. The van der Waals surface area contributed by atoms with Crippen molar-refractivity contribution in [3.63, 3.8) is 0 Å². The quantitative estimate of drug-likeness (QED) is 0.199. The van der Waals surface area contributed by atoms with E-state index in [9.17, 15) is 0 Å². The molecule has 4 aliphatic rings. The maximum atomic E-state index is 5.43. The largest absolute Gasteiger partial charge is 0.319 e. The van der Waals surface area contributed by atoms with Gasteiger partial charge < -0.3 is 4.90 Å². The fraction of sp³-hybridized carbons (Fsp3) is 0.190. The minimum absolute atomic E-state index is 0.109. The topological polar surface area (TPSA) is 32.9 Å². The van der Waals surface area contributed by atoms with Crippen LogP contribution in [-0.4, -0.2) is 28.3 Å². The average Bonchev–Trinajstić information content (AvgIpc) is 3.66. The molecule has 1 aromatic heterocycles. The third kappa shape index (κ3) is 4.51. The van der Waals surface area contributed by atoms with Gasteiger partial charge in [0.25, 0.3) is 0 Å². The van der Waals surface area contributed by atoms with Crippen LogP contribution in [0.2, 0.25) is 0 Å². The lowest BCUT2D eigenvalue weighted by Crippen LogP contribution is -2.40. The van der Waals surface area contributed by atoms with E-state index in [1.165, 1.54) is 37.3 Å². The fourth-order valence-electron chi connectivity index (χ4n) is 7.79. The lowest BCUT2D eigenvalue weighted by molar-refractivity contribution is 0.368. The number of fused-ring (bicyclic) bond motifs is 6. The van der Waals surface area contributed by atoms with E-state index in [4.69, 9.17) is 9.98 Å². The second kappa shape index (κ2) is 11.1. The van der Waals surface area contributed by atoms with Crippen molar-refractivity contribution < 1.29 is 0 Å². The summed E-state index contributed by atoms with van der Waals surface area (Å²) in [7, 11) is 2.13. The van der Waals surface area contributed by atoms with Crippen LogP contribution in [-0.2, 0) is 0 Å². The van der Waals surface area contributed by atoms with E-state index in [1.807, 2.05) is 11.8 Å². The highest BCUT2D eigenvalue weighted by Crippen LogP contribution is 2.56. The summed E-state index contributed by atoms with van der Waals surface area (Å²) in [5.41, 5.74) is 7.48. The molecule has 47 heavy (non-hydrogen) atoms. The molecule has 5 atom stereocenters. The predicted molar refractivity (Wildman–Crippen MR) is 198 cm³/mol. The van der Waals surface area contributed by atoms with Gasteiger partial charge in [-0.2, -0.15) is 4.99 Å². The zero-order chi connectivity index (χ0) is 31.6. The van der Waals surface area contributed by atoms with Crippen molar-refractivity contribution >= 4 is 50.9 Å². The zero-order valence-corrected chi connectivity index (χ0v) is 27.6. The fourth-order valence-corrected chi connectivity index (χ4v) is 9.25. The van der Waals surface area contributed by atoms with Crippen molar-refractivity contribution in [3.05, 3.63) is 155 Å². The van der Waals surface area contributed by atoms with Gasteiger partial charge in [-0.05, 0) is 52.3 Å². The molecular formula is C42H36N4S. The Morgan fingerprint density at radius 3 is 2.36 bits per heavy atom. The molecule has 5 heteroatoms. The van der Waals surface area contributed by atoms with Crippen LogP contribution >= 0.6 is 11.8 Å². The molecule has 4 aromatic carbocycles. The molecule has 4 nitrogen and oxygen atoms in total. The van der Waals surface area contributed by atoms with Gasteiger partial charge in [0.15, 0.2) is 6.17 Å². The van der Waals surface area contributed by atoms with Gasteiger partial charge in [0.05, 0.1) is 11.0 Å². The summed E-state index contributed by atoms with van der Waals surface area (Å²) in [6, 6.07) is 35.3. The van der Waals surface area contributed by atoms with Crippen molar-refractivity contribution in [1.29, 1.82) is 0 Å². The van der Waals surface area contributed by atoms with Crippen molar-refractivity contribution in [1.82, 2.24) is 9.47 Å². The second-order valence-corrected chi connectivity index (χ2v) is 14.2. The molecule has 0 amide bonds. The number of amidine groups is 1. The molecule has 5 unspecified atom stereocenters. The van der Waals surface area contributed by atoms with Crippen molar-refractivity contribution in [2.24, 2.45) is 27.7 Å². The van der Waals surface area contributed by atoms with E-state index >= 15 is 0 Å². The molecule has 0 bridgehead atoms. The third-order valence-electron chi connectivity index (χ3n) is 10.3. The average molecular weight is 629 g/mol. The molecule has 0 N–H and O–H groups in total. The van der Waals surface area contributed by atoms with Crippen LogP contribution in [0.25, 0.3) is 27.4 Å². The summed E-state index contributed by atoms with van der Waals surface area (Å²) in [5.74, 6) is 3.05. The third-order valence-corrected chi connectivity index (χ3v) is 11.5. The first-order valence-electron chi connectivity index (χ1n) is 16.6. The van der Waals surface area contributed by atoms with Crippen LogP contribution in [0.15, 0.2) is 153 Å². The van der Waals surface area contributed by atoms with Crippen molar-refractivity contribution in [2.75, 3.05) is 7.05 Å². The second-order valence-electron chi connectivity index (χ2n) is 13.1. The number of aromatic nitrogens is 1. The molecule has 230 valence electrons. The van der Waals surface area contributed by atoms with Gasteiger partial charge in [0.2, 0.25) is 5.96 Å². The lowest BCUT2D eigenvalue weighted by Gasteiger charge is -2.35. The number of hydrogen-bond donors (Lipinski definition) is 0. The van der Waals surface area contributed by atoms with Crippen LogP contribution < -0.4 is 0 Å². The normalized spacial score (nSPS) is 24.9. The SMILES string of the molecule is CC1C=CC=CC1C1=NC(c2ccccc2)N(C)C(n2c3ccccc3c3ccc(C4=C5Sc6ccccc6C5C(C)C=C4)cc32)=N1. The minimum atomic E-state index is -0.188. The summed E-state index contributed by atoms with van der Waals surface area (Å²) >= 11 is 1.95. The van der Waals surface area contributed by atoms with E-state index in [0.717, 1.165) is 28.4 Å². The molecule has 5 aromatic rings. The molecule has 0 saturated carbocycles. The van der Waals surface area contributed by atoms with Gasteiger partial charge >= 0.3 is 0 Å². The molecular weight excluding hydrogens is 593 g/mol. The number of benzene rings is 4. The van der Waals surface area contributed by atoms with Gasteiger partial charge in [0.1, 0.15) is 5.84 Å². The highest BCUT2D eigenvalue weighted by molar-refractivity contribution is 8.03. The number of allylic oxidation sites excluding steroid dienone is 7. The Labute approximate surface area is 280 Å². The molecule has 0 fully saturated rings. The summed E-state index contributed by atoms with van der Waals surface area (Å²) in [5, 5.41) is 2.46. The molecule has 0 saturated heterocycles. The number of para-hydroxylation sites is 1. The van der Waals surface area contributed by atoms with Crippen LogP contribution in [0, 0.1) is 17.8 Å². The number of thioether (sulfide) groups is 1. The number of aliphatic imine (C=N–C) groups is 2. The first-order chi connectivity index (χ1) is 23.1. The Hall–Kier alpha value is -4.87. The molecule has 2 aliphatic carbocycles. The summed E-state index contributed by atoms with van der Waals surface area (Å²) < 4.78 is 2.38. The van der Waals surface area contributed by atoms with Crippen LogP contribution in [0.4, 0.5) is 0 Å². The van der Waals surface area contributed by atoms with Crippen LogP contribution in [0.3, 0.4) is 0 Å². The molecule has 2 aliphatic heterocycles. The summed E-state index contributed by atoms with van der Waals surface area (Å²) in [4.78, 5) is 15.8. The van der Waals surface area contributed by atoms with Gasteiger partial charge in [-0.1, -0.05) is 141 Å². The molecule has 0 spiro atoms. The summed E-state index contributed by atoms with van der Waals surface area (Å²) in [6.45, 7) is 4.60. The Morgan fingerprint density at radius 2 is 1.49 bits per heavy atom. The first-order valence-corrected chi connectivity index (χ1v) is 17.4. The maximum absolute atomic E-state index is 5.43. The van der Waals surface area contributed by atoms with Gasteiger partial charge in [-0.25, -0.2) is 4.99 Å². The van der Waals surface area contributed by atoms with Gasteiger partial charge in [-0.15, -0.1) is 0 Å². The Bertz CT molecular complexity index is 2250. The number of nitrogens with zero attached hydrogens (tertiary/aromatic N) is 4. The number of hydrogen-bond acceptors (Lipinski definition) is 4. The van der Waals surface area contributed by atoms with Crippen molar-refractivity contribution in [3.8, 4) is 0 Å². The Morgan fingerprint density at radius 1 is 0.723 bits per heavy atom. The lowest BCUT2D eigenvalue weighted by atomic mass is 9.80. The van der Waals surface area contributed by atoms with Crippen molar-refractivity contribution in [2.45, 2.75) is 30.8 Å². The monoisotopic (exact) mass is 628 g/mol. The van der Waals surface area contributed by atoms with E-state index < -0.39 is 0 Å².